The van der Waals surface area contributed by atoms with Gasteiger partial charge in [0.25, 0.3) is 0 Å². The van der Waals surface area contributed by atoms with E-state index in [-0.39, 0.29) is 5.60 Å². The van der Waals surface area contributed by atoms with Gasteiger partial charge in [0.2, 0.25) is 0 Å². The number of nitrogens with zero attached hydrogens (tertiary/aromatic N) is 1. The van der Waals surface area contributed by atoms with Gasteiger partial charge >= 0.3 is 0 Å². The maximum atomic E-state index is 5.75. The molecule has 2 fully saturated rings. The summed E-state index contributed by atoms with van der Waals surface area (Å²) in [5.41, 5.74) is 0.225. The summed E-state index contributed by atoms with van der Waals surface area (Å²) in [6.07, 6.45) is 1.19. The SMILES string of the molecule is CNC1COC2(C1)CN(C)C2. The number of rotatable bonds is 1. The van der Waals surface area contributed by atoms with Crippen LogP contribution in [-0.4, -0.2) is 50.3 Å². The molecule has 2 heterocycles. The summed E-state index contributed by atoms with van der Waals surface area (Å²) in [7, 11) is 4.15. The minimum atomic E-state index is 0.225. The summed E-state index contributed by atoms with van der Waals surface area (Å²) in [5, 5.41) is 3.26. The highest BCUT2D eigenvalue weighted by atomic mass is 16.5. The van der Waals surface area contributed by atoms with E-state index >= 15 is 0 Å². The Balaban J connectivity index is 1.89. The molecular weight excluding hydrogens is 140 g/mol. The average Bonchev–Trinajstić information content (AvgIpc) is 2.31. The maximum Gasteiger partial charge on any atom is 0.0951 e. The van der Waals surface area contributed by atoms with Crippen molar-refractivity contribution in [1.82, 2.24) is 10.2 Å². The van der Waals surface area contributed by atoms with Crippen LogP contribution in [0.3, 0.4) is 0 Å². The first kappa shape index (κ1) is 7.53. The largest absolute Gasteiger partial charge is 0.371 e. The van der Waals surface area contributed by atoms with Crippen LogP contribution in [-0.2, 0) is 4.74 Å². The quantitative estimate of drug-likeness (QED) is 0.563. The van der Waals surface area contributed by atoms with Crippen molar-refractivity contribution in [1.29, 1.82) is 0 Å². The van der Waals surface area contributed by atoms with Crippen LogP contribution in [0.1, 0.15) is 6.42 Å². The maximum absolute atomic E-state index is 5.75. The zero-order chi connectivity index (χ0) is 7.90. The Hall–Kier alpha value is -0.120. The van der Waals surface area contributed by atoms with E-state index in [9.17, 15) is 0 Å². The number of ether oxygens (including phenoxy) is 1. The summed E-state index contributed by atoms with van der Waals surface area (Å²) in [5.74, 6) is 0. The number of likely N-dealkylation sites (N-methyl/N-ethyl adjacent to an activating group) is 2. The van der Waals surface area contributed by atoms with E-state index < -0.39 is 0 Å². The summed E-state index contributed by atoms with van der Waals surface area (Å²) < 4.78 is 5.75. The van der Waals surface area contributed by atoms with E-state index in [0.29, 0.717) is 6.04 Å². The van der Waals surface area contributed by atoms with Gasteiger partial charge in [-0.2, -0.15) is 0 Å². The molecular formula is C8H16N2O. The molecule has 2 saturated heterocycles. The van der Waals surface area contributed by atoms with Crippen LogP contribution in [0.25, 0.3) is 0 Å². The molecule has 64 valence electrons. The molecule has 0 radical (unpaired) electrons. The topological polar surface area (TPSA) is 24.5 Å². The molecule has 2 aliphatic heterocycles. The third-order valence-electron chi connectivity index (χ3n) is 2.73. The summed E-state index contributed by atoms with van der Waals surface area (Å²) in [4.78, 5) is 2.30. The summed E-state index contributed by atoms with van der Waals surface area (Å²) in [6, 6.07) is 0.587. The number of hydrogen-bond acceptors (Lipinski definition) is 3. The molecule has 1 atom stereocenters. The van der Waals surface area contributed by atoms with Crippen LogP contribution in [0.15, 0.2) is 0 Å². The van der Waals surface area contributed by atoms with Gasteiger partial charge in [-0.05, 0) is 20.5 Å². The highest BCUT2D eigenvalue weighted by Gasteiger charge is 2.47. The lowest BCUT2D eigenvalue weighted by atomic mass is 9.90. The standard InChI is InChI=1S/C8H16N2O/c1-9-7-3-8(11-4-7)5-10(2)6-8/h7,9H,3-6H2,1-2H3. The Kier molecular flexibility index (Phi) is 1.67. The summed E-state index contributed by atoms with van der Waals surface area (Å²) in [6.45, 7) is 3.13. The Labute approximate surface area is 67.7 Å². The van der Waals surface area contributed by atoms with E-state index in [1.54, 1.807) is 0 Å². The first-order valence-electron chi connectivity index (χ1n) is 4.24. The second-order valence-electron chi connectivity index (χ2n) is 3.86. The highest BCUT2D eigenvalue weighted by Crippen LogP contribution is 2.33. The Morgan fingerprint density at radius 2 is 2.27 bits per heavy atom. The smallest absolute Gasteiger partial charge is 0.0951 e. The molecule has 3 nitrogen and oxygen atoms in total. The molecule has 0 amide bonds. The molecule has 0 aliphatic carbocycles. The lowest BCUT2D eigenvalue weighted by Crippen LogP contribution is -2.59. The van der Waals surface area contributed by atoms with E-state index in [1.165, 1.54) is 6.42 Å². The van der Waals surface area contributed by atoms with Gasteiger partial charge in [0.15, 0.2) is 0 Å². The first-order valence-corrected chi connectivity index (χ1v) is 4.24. The van der Waals surface area contributed by atoms with Crippen molar-refractivity contribution < 1.29 is 4.74 Å². The van der Waals surface area contributed by atoms with Gasteiger partial charge in [-0.15, -0.1) is 0 Å². The molecule has 11 heavy (non-hydrogen) atoms. The molecule has 0 saturated carbocycles. The van der Waals surface area contributed by atoms with Crippen molar-refractivity contribution in [2.75, 3.05) is 33.8 Å². The second-order valence-corrected chi connectivity index (χ2v) is 3.86. The fraction of sp³-hybridized carbons (Fsp3) is 1.00. The van der Waals surface area contributed by atoms with Crippen molar-refractivity contribution in [2.24, 2.45) is 0 Å². The van der Waals surface area contributed by atoms with Crippen LogP contribution in [0.5, 0.6) is 0 Å². The zero-order valence-corrected chi connectivity index (χ0v) is 7.26. The molecule has 2 aliphatic rings. The van der Waals surface area contributed by atoms with Crippen molar-refractivity contribution in [3.05, 3.63) is 0 Å². The van der Waals surface area contributed by atoms with Crippen LogP contribution >= 0.6 is 0 Å². The molecule has 3 heteroatoms. The third-order valence-corrected chi connectivity index (χ3v) is 2.73. The molecule has 0 aromatic heterocycles. The molecule has 0 aromatic rings. The number of hydrogen-bond donors (Lipinski definition) is 1. The van der Waals surface area contributed by atoms with Crippen molar-refractivity contribution in [3.63, 3.8) is 0 Å². The number of nitrogens with one attached hydrogen (secondary N) is 1. The van der Waals surface area contributed by atoms with Gasteiger partial charge in [-0.1, -0.05) is 0 Å². The molecule has 2 rings (SSSR count). The average molecular weight is 156 g/mol. The van der Waals surface area contributed by atoms with Crippen LogP contribution in [0.4, 0.5) is 0 Å². The van der Waals surface area contributed by atoms with Crippen LogP contribution in [0, 0.1) is 0 Å². The highest BCUT2D eigenvalue weighted by molar-refractivity contribution is 5.02. The lowest BCUT2D eigenvalue weighted by molar-refractivity contribution is -0.100. The van der Waals surface area contributed by atoms with E-state index in [2.05, 4.69) is 17.3 Å². The lowest BCUT2D eigenvalue weighted by Gasteiger charge is -2.45. The summed E-state index contributed by atoms with van der Waals surface area (Å²) >= 11 is 0. The monoisotopic (exact) mass is 156 g/mol. The first-order chi connectivity index (χ1) is 5.24. The number of likely N-dealkylation sites (tertiary alicyclic amines) is 1. The van der Waals surface area contributed by atoms with Gasteiger partial charge in [-0.25, -0.2) is 0 Å². The predicted octanol–water partition coefficient (Wildman–Crippen LogP) is -0.321. The Morgan fingerprint density at radius 3 is 2.73 bits per heavy atom. The van der Waals surface area contributed by atoms with Gasteiger partial charge in [0.1, 0.15) is 0 Å². The Morgan fingerprint density at radius 1 is 1.55 bits per heavy atom. The Bertz CT molecular complexity index is 154. The van der Waals surface area contributed by atoms with Crippen LogP contribution in [0.2, 0.25) is 0 Å². The molecule has 1 spiro atoms. The fourth-order valence-corrected chi connectivity index (χ4v) is 2.19. The van der Waals surface area contributed by atoms with Gasteiger partial charge in [0, 0.05) is 19.1 Å². The zero-order valence-electron chi connectivity index (χ0n) is 7.26. The van der Waals surface area contributed by atoms with Crippen molar-refractivity contribution in [2.45, 2.75) is 18.1 Å². The molecule has 1 N–H and O–H groups in total. The van der Waals surface area contributed by atoms with Crippen molar-refractivity contribution in [3.8, 4) is 0 Å². The van der Waals surface area contributed by atoms with E-state index in [4.69, 9.17) is 4.74 Å². The van der Waals surface area contributed by atoms with E-state index in [0.717, 1.165) is 19.7 Å². The third kappa shape index (κ3) is 1.17. The second kappa shape index (κ2) is 2.44. The van der Waals surface area contributed by atoms with Gasteiger partial charge < -0.3 is 15.0 Å². The minimum Gasteiger partial charge on any atom is -0.371 e. The van der Waals surface area contributed by atoms with Gasteiger partial charge in [0.05, 0.1) is 12.2 Å². The van der Waals surface area contributed by atoms with Crippen LogP contribution < -0.4 is 5.32 Å². The normalized spacial score (nSPS) is 36.0. The van der Waals surface area contributed by atoms with Gasteiger partial charge in [-0.3, -0.25) is 0 Å². The molecule has 1 unspecified atom stereocenters. The molecule has 0 bridgehead atoms. The minimum absolute atomic E-state index is 0.225. The van der Waals surface area contributed by atoms with Crippen molar-refractivity contribution >= 4 is 0 Å². The predicted molar refractivity (Wildman–Crippen MR) is 43.6 cm³/mol. The molecule has 0 aromatic carbocycles. The van der Waals surface area contributed by atoms with E-state index in [1.807, 2.05) is 7.05 Å². The fourth-order valence-electron chi connectivity index (χ4n) is 2.19.